The van der Waals surface area contributed by atoms with E-state index in [1.807, 2.05) is 0 Å². The molecule has 12 aromatic rings. The number of aromatic nitrogens is 4. The van der Waals surface area contributed by atoms with Crippen molar-refractivity contribution in [2.75, 3.05) is 0 Å². The van der Waals surface area contributed by atoms with Crippen molar-refractivity contribution in [1.29, 1.82) is 0 Å². The number of aryl methyl sites for hydroxylation is 21. The molecule has 0 aliphatic rings. The van der Waals surface area contributed by atoms with Gasteiger partial charge < -0.3 is 0 Å². The largest absolute Gasteiger partial charge is 0.212 e. The van der Waals surface area contributed by atoms with Crippen LogP contribution in [0.1, 0.15) is 139 Å². The Balaban J connectivity index is 0.000000156. The Hall–Kier alpha value is -9.64. The summed E-state index contributed by atoms with van der Waals surface area (Å²) in [6.45, 7) is 46.5. The Morgan fingerprint density at radius 2 is 0.530 bits per heavy atom. The quantitative estimate of drug-likeness (QED) is 0.115. The second kappa shape index (κ2) is 32.1. The lowest BCUT2D eigenvalue weighted by molar-refractivity contribution is -0.660. The van der Waals surface area contributed by atoms with Crippen LogP contribution in [0.3, 0.4) is 0 Å². The lowest BCUT2D eigenvalue weighted by Gasteiger charge is -2.15. The fraction of sp³-hybridized carbons (Fsp3) is 0.292. The van der Waals surface area contributed by atoms with E-state index in [4.69, 9.17) is 0 Å². The van der Waals surface area contributed by atoms with Crippen molar-refractivity contribution in [3.63, 3.8) is 0 Å². The molecule has 0 radical (unpaired) electrons. The molecule has 0 saturated heterocycles. The van der Waals surface area contributed by atoms with E-state index in [1.165, 1.54) is 195 Å². The van der Waals surface area contributed by atoms with Crippen LogP contribution in [0.5, 0.6) is 0 Å². The monoisotopic (exact) mass is 1320 g/mol. The molecule has 0 bridgehead atoms. The highest BCUT2D eigenvalue weighted by Crippen LogP contribution is 2.38. The zero-order valence-electron chi connectivity index (χ0n) is 65.2. The first-order valence-corrected chi connectivity index (χ1v) is 36.1. The first kappa shape index (κ1) is 74.6. The number of hydrogen-bond acceptors (Lipinski definition) is 0. The van der Waals surface area contributed by atoms with Gasteiger partial charge in [-0.3, -0.25) is 0 Å². The van der Waals surface area contributed by atoms with Crippen molar-refractivity contribution >= 4 is 0 Å². The molecule has 0 amide bonds. The minimum absolute atomic E-state index is 0.525. The summed E-state index contributed by atoms with van der Waals surface area (Å²) in [6.07, 6.45) is 10.1. The third-order valence-corrected chi connectivity index (χ3v) is 20.5. The van der Waals surface area contributed by atoms with Crippen LogP contribution >= 0.6 is 0 Å². The van der Waals surface area contributed by atoms with Crippen LogP contribution in [0.15, 0.2) is 201 Å². The molecule has 12 rings (SSSR count). The summed E-state index contributed by atoms with van der Waals surface area (Å²) in [5.74, 6) is 1.18. The third-order valence-electron chi connectivity index (χ3n) is 20.5. The molecule has 8 aromatic carbocycles. The molecule has 0 spiro atoms. The Labute approximate surface area is 602 Å². The molecule has 100 heavy (non-hydrogen) atoms. The molecule has 4 heteroatoms. The fourth-order valence-electron chi connectivity index (χ4n) is 14.8. The fourth-order valence-corrected chi connectivity index (χ4v) is 14.8. The average Bonchev–Trinajstić information content (AvgIpc) is 0.796. The standard InChI is InChI=1S/C26H32N.C25H30N.C23H26N.C22H24N/c1-17(2)12-22-14-26(27(7)16-21(22)6)25-15-24(19(4)13-20(25)5)23-11-9-8-10-18(23)3;1-16(2)22-14-25(26(7)15-20(22)6)24-13-23(18(4)12-19(24)5)21-11-9-8-10-17(21)3;1-15-9-7-8-10-20(15)21-13-22(18(4)11-17(21)3)23-12-16(2)19(5)14-24(23)6;1-15-10-11-22(23(5)14-15)21-13-20(17(3)12-18(21)4)19-9-7-6-8-16(19)2/h8-11,13-17H,12H2,1-7H3;8-16H,1-7H3;7-14H,1-6H3;6-14H,1-5H3/q4*+1. The lowest BCUT2D eigenvalue weighted by atomic mass is 9.90. The number of pyridine rings is 4. The minimum atomic E-state index is 0.525. The van der Waals surface area contributed by atoms with Crippen molar-refractivity contribution in [1.82, 2.24) is 0 Å². The smallest absolute Gasteiger partial charge is 0.201 e. The molecule has 4 aromatic heterocycles. The average molecular weight is 1320 g/mol. The van der Waals surface area contributed by atoms with Gasteiger partial charge in [0.2, 0.25) is 22.8 Å². The van der Waals surface area contributed by atoms with Crippen LogP contribution in [0.4, 0.5) is 0 Å². The molecular weight excluding hydrogens is 1210 g/mol. The molecule has 0 fully saturated rings. The number of hydrogen-bond donors (Lipinski definition) is 0. The Bertz CT molecular complexity index is 4990. The van der Waals surface area contributed by atoms with Gasteiger partial charge in [-0.2, -0.15) is 0 Å². The van der Waals surface area contributed by atoms with Crippen LogP contribution in [-0.2, 0) is 34.6 Å². The summed E-state index contributed by atoms with van der Waals surface area (Å²) in [5.41, 5.74) is 46.4. The highest BCUT2D eigenvalue weighted by molar-refractivity contribution is 5.81. The number of nitrogens with zero attached hydrogens (tertiary/aromatic N) is 4. The maximum Gasteiger partial charge on any atom is 0.212 e. The summed E-state index contributed by atoms with van der Waals surface area (Å²) in [5, 5.41) is 0. The topological polar surface area (TPSA) is 15.5 Å². The molecule has 512 valence electrons. The van der Waals surface area contributed by atoms with Gasteiger partial charge in [-0.05, 0) is 294 Å². The summed E-state index contributed by atoms with van der Waals surface area (Å²) in [6, 6.07) is 64.8. The zero-order chi connectivity index (χ0) is 72.7. The molecule has 4 nitrogen and oxygen atoms in total. The summed E-state index contributed by atoms with van der Waals surface area (Å²) in [7, 11) is 8.57. The summed E-state index contributed by atoms with van der Waals surface area (Å²) < 4.78 is 9.00. The highest BCUT2D eigenvalue weighted by Gasteiger charge is 2.23. The molecular formula is C96H112N4+4. The maximum atomic E-state index is 2.40. The Morgan fingerprint density at radius 3 is 0.870 bits per heavy atom. The van der Waals surface area contributed by atoms with E-state index in [9.17, 15) is 0 Å². The third kappa shape index (κ3) is 17.0. The molecule has 0 aliphatic carbocycles. The van der Waals surface area contributed by atoms with Gasteiger partial charge >= 0.3 is 0 Å². The van der Waals surface area contributed by atoms with Gasteiger partial charge in [-0.15, -0.1) is 0 Å². The predicted molar refractivity (Wildman–Crippen MR) is 427 cm³/mol. The van der Waals surface area contributed by atoms with Gasteiger partial charge in [0.1, 0.15) is 28.2 Å². The van der Waals surface area contributed by atoms with Gasteiger partial charge in [0.25, 0.3) is 0 Å². The SMILES string of the molecule is Cc1c[n+](C)c(-c2cc(-c3ccccc3C)c(C)cc2C)cc1CC(C)C.Cc1cc(-c2cc(-c3ccccc3C)c(C)cc2C)[n+](C)cc1C.Cc1ccc(-c2cc(-c3ccccc3C)c(C)cc2C)[n+](C)c1.Cc1ccccc1-c1cc(-c2cc(C(C)C)c(C)c[n+]2C)c(C)cc1C. The molecule has 0 saturated carbocycles. The first-order valence-electron chi connectivity index (χ1n) is 36.1. The molecule has 0 aliphatic heterocycles. The van der Waals surface area contributed by atoms with Crippen molar-refractivity contribution in [2.24, 2.45) is 34.1 Å². The van der Waals surface area contributed by atoms with Gasteiger partial charge in [0, 0.05) is 68.8 Å². The van der Waals surface area contributed by atoms with E-state index in [0.717, 1.165) is 6.42 Å². The van der Waals surface area contributed by atoms with Crippen molar-refractivity contribution in [2.45, 2.75) is 158 Å². The molecule has 0 N–H and O–H groups in total. The molecule has 0 unspecified atom stereocenters. The maximum absolute atomic E-state index is 2.40. The van der Waals surface area contributed by atoms with Crippen LogP contribution in [0, 0.1) is 124 Å². The van der Waals surface area contributed by atoms with Gasteiger partial charge in [-0.1, -0.05) is 149 Å². The van der Waals surface area contributed by atoms with E-state index in [0.29, 0.717) is 11.8 Å². The molecule has 0 atom stereocenters. The van der Waals surface area contributed by atoms with Crippen molar-refractivity contribution in [3.05, 3.63) is 306 Å². The van der Waals surface area contributed by atoms with Crippen LogP contribution in [0.2, 0.25) is 0 Å². The number of benzene rings is 8. The zero-order valence-corrected chi connectivity index (χ0v) is 65.2. The van der Waals surface area contributed by atoms with E-state index in [1.54, 1.807) is 0 Å². The minimum Gasteiger partial charge on any atom is -0.201 e. The van der Waals surface area contributed by atoms with Crippen molar-refractivity contribution < 1.29 is 18.3 Å². The number of rotatable bonds is 11. The summed E-state index contributed by atoms with van der Waals surface area (Å²) in [4.78, 5) is 0. The van der Waals surface area contributed by atoms with Gasteiger partial charge in [-0.25, -0.2) is 18.3 Å². The normalized spacial score (nSPS) is 11.1. The highest BCUT2D eigenvalue weighted by atomic mass is 14.9. The second-order valence-electron chi connectivity index (χ2n) is 29.7. The van der Waals surface area contributed by atoms with Crippen LogP contribution in [0.25, 0.3) is 89.5 Å². The van der Waals surface area contributed by atoms with E-state index < -0.39 is 0 Å². The van der Waals surface area contributed by atoms with Gasteiger partial charge in [0.05, 0.1) is 0 Å². The van der Waals surface area contributed by atoms with Crippen LogP contribution in [-0.4, -0.2) is 0 Å². The predicted octanol–water partition coefficient (Wildman–Crippen LogP) is 22.9. The Kier molecular flexibility index (Phi) is 24.0. The van der Waals surface area contributed by atoms with E-state index in [-0.39, 0.29) is 0 Å². The Morgan fingerprint density at radius 1 is 0.230 bits per heavy atom. The second-order valence-corrected chi connectivity index (χ2v) is 29.7. The molecule has 4 heterocycles. The van der Waals surface area contributed by atoms with E-state index >= 15 is 0 Å². The van der Waals surface area contributed by atoms with Crippen LogP contribution < -0.4 is 18.3 Å². The van der Waals surface area contributed by atoms with Crippen molar-refractivity contribution in [3.8, 4) is 89.5 Å². The van der Waals surface area contributed by atoms with Gasteiger partial charge in [0.15, 0.2) is 24.8 Å². The van der Waals surface area contributed by atoms with E-state index in [2.05, 4.69) is 393 Å². The first-order chi connectivity index (χ1) is 47.4. The summed E-state index contributed by atoms with van der Waals surface area (Å²) >= 11 is 0. The lowest BCUT2D eigenvalue weighted by Crippen LogP contribution is -2.32.